The van der Waals surface area contributed by atoms with Gasteiger partial charge in [0, 0.05) is 17.6 Å². The fourth-order valence-corrected chi connectivity index (χ4v) is 6.60. The lowest BCUT2D eigenvalue weighted by atomic mass is 10.1. The quantitative estimate of drug-likeness (QED) is 0.320. The molecule has 9 heteroatoms. The first-order valence-electron chi connectivity index (χ1n) is 13.7. The van der Waals surface area contributed by atoms with E-state index in [2.05, 4.69) is 5.32 Å². The molecule has 3 aromatic rings. The summed E-state index contributed by atoms with van der Waals surface area (Å²) in [4.78, 5) is 28.8. The van der Waals surface area contributed by atoms with E-state index in [1.54, 1.807) is 55.5 Å². The standard InChI is InChI=1S/C31H36ClN3O4S/c1-3-24-16-18-28(19-17-24)35(40(38,39)29-14-5-4-6-15-29)22-30(36)34(21-25-10-9-11-26(32)20-25)23(2)31(37)33-27-12-7-8-13-27/h4-6,9-11,14-20,23,27H,3,7-8,12-13,21-22H2,1-2H3,(H,33,37). The fraction of sp³-hybridized carbons (Fsp3) is 0.355. The molecule has 0 bridgehead atoms. The van der Waals surface area contributed by atoms with Crippen LogP contribution in [0.1, 0.15) is 50.7 Å². The minimum atomic E-state index is -4.08. The summed E-state index contributed by atoms with van der Waals surface area (Å²) in [7, 11) is -4.08. The van der Waals surface area contributed by atoms with Crippen LogP contribution >= 0.6 is 11.6 Å². The van der Waals surface area contributed by atoms with Crippen molar-refractivity contribution in [2.45, 2.75) is 69.5 Å². The van der Waals surface area contributed by atoms with Crippen molar-refractivity contribution >= 4 is 39.1 Å². The van der Waals surface area contributed by atoms with E-state index in [-0.39, 0.29) is 23.4 Å². The minimum absolute atomic E-state index is 0.0794. The molecule has 1 saturated carbocycles. The van der Waals surface area contributed by atoms with Gasteiger partial charge in [-0.3, -0.25) is 13.9 Å². The van der Waals surface area contributed by atoms with Gasteiger partial charge >= 0.3 is 0 Å². The van der Waals surface area contributed by atoms with E-state index in [9.17, 15) is 18.0 Å². The summed E-state index contributed by atoms with van der Waals surface area (Å²) < 4.78 is 28.8. The van der Waals surface area contributed by atoms with E-state index in [4.69, 9.17) is 11.6 Å². The van der Waals surface area contributed by atoms with Crippen LogP contribution < -0.4 is 9.62 Å². The summed E-state index contributed by atoms with van der Waals surface area (Å²) in [5.74, 6) is -0.750. The number of hydrogen-bond acceptors (Lipinski definition) is 4. The zero-order valence-corrected chi connectivity index (χ0v) is 24.5. The lowest BCUT2D eigenvalue weighted by Gasteiger charge is -2.32. The topological polar surface area (TPSA) is 86.8 Å². The molecule has 0 saturated heterocycles. The van der Waals surface area contributed by atoms with Crippen molar-refractivity contribution in [3.63, 3.8) is 0 Å². The van der Waals surface area contributed by atoms with E-state index in [0.717, 1.165) is 47.5 Å². The predicted molar refractivity (Wildman–Crippen MR) is 159 cm³/mol. The smallest absolute Gasteiger partial charge is 0.264 e. The molecule has 0 radical (unpaired) electrons. The number of hydrogen-bond donors (Lipinski definition) is 1. The number of anilines is 1. The van der Waals surface area contributed by atoms with Crippen molar-refractivity contribution in [1.29, 1.82) is 0 Å². The molecule has 1 aliphatic carbocycles. The molecule has 40 heavy (non-hydrogen) atoms. The third-order valence-corrected chi connectivity index (χ3v) is 9.38. The van der Waals surface area contributed by atoms with Crippen LogP contribution in [-0.4, -0.2) is 43.8 Å². The van der Waals surface area contributed by atoms with Gasteiger partial charge in [0.15, 0.2) is 0 Å². The molecule has 1 atom stereocenters. The normalized spacial score (nSPS) is 14.5. The molecular weight excluding hydrogens is 546 g/mol. The Kier molecular flexibility index (Phi) is 9.87. The van der Waals surface area contributed by atoms with Crippen molar-refractivity contribution in [3.05, 3.63) is 95.0 Å². The minimum Gasteiger partial charge on any atom is -0.352 e. The fourth-order valence-electron chi connectivity index (χ4n) is 4.95. The molecular formula is C31H36ClN3O4S. The van der Waals surface area contributed by atoms with Gasteiger partial charge in [0.25, 0.3) is 10.0 Å². The van der Waals surface area contributed by atoms with Gasteiger partial charge in [-0.2, -0.15) is 0 Å². The summed E-state index contributed by atoms with van der Waals surface area (Å²) in [6.45, 7) is 3.33. The zero-order chi connectivity index (χ0) is 28.7. The SMILES string of the molecule is CCc1ccc(N(CC(=O)N(Cc2cccc(Cl)c2)C(C)C(=O)NC2CCCC2)S(=O)(=O)c2ccccc2)cc1. The van der Waals surface area contributed by atoms with Gasteiger partial charge < -0.3 is 10.2 Å². The van der Waals surface area contributed by atoms with Crippen molar-refractivity contribution in [1.82, 2.24) is 10.2 Å². The summed E-state index contributed by atoms with van der Waals surface area (Å²) in [6.07, 6.45) is 4.75. The summed E-state index contributed by atoms with van der Waals surface area (Å²) in [5.41, 5.74) is 2.17. The highest BCUT2D eigenvalue weighted by Crippen LogP contribution is 2.26. The molecule has 1 fully saturated rings. The van der Waals surface area contributed by atoms with Crippen LogP contribution in [0, 0.1) is 0 Å². The lowest BCUT2D eigenvalue weighted by molar-refractivity contribution is -0.139. The number of carbonyl (C=O) groups is 2. The van der Waals surface area contributed by atoms with E-state index in [1.807, 2.05) is 25.1 Å². The van der Waals surface area contributed by atoms with E-state index in [0.29, 0.717) is 10.7 Å². The predicted octanol–water partition coefficient (Wildman–Crippen LogP) is 5.57. The Balaban J connectivity index is 1.68. The monoisotopic (exact) mass is 581 g/mol. The van der Waals surface area contributed by atoms with Gasteiger partial charge in [-0.1, -0.05) is 73.8 Å². The van der Waals surface area contributed by atoms with Crippen molar-refractivity contribution in [2.24, 2.45) is 0 Å². The number of carbonyl (C=O) groups excluding carboxylic acids is 2. The van der Waals surface area contributed by atoms with Crippen molar-refractivity contribution in [2.75, 3.05) is 10.8 Å². The Hall–Kier alpha value is -3.36. The number of sulfonamides is 1. The average molecular weight is 582 g/mol. The van der Waals surface area contributed by atoms with E-state index in [1.165, 1.54) is 17.0 Å². The zero-order valence-electron chi connectivity index (χ0n) is 22.9. The van der Waals surface area contributed by atoms with Crippen LogP contribution in [0.2, 0.25) is 5.02 Å². The molecule has 1 N–H and O–H groups in total. The first-order chi connectivity index (χ1) is 19.2. The highest BCUT2D eigenvalue weighted by molar-refractivity contribution is 7.92. The third-order valence-electron chi connectivity index (χ3n) is 7.35. The van der Waals surface area contributed by atoms with Crippen molar-refractivity contribution < 1.29 is 18.0 Å². The van der Waals surface area contributed by atoms with Crippen LogP contribution in [0.15, 0.2) is 83.8 Å². The largest absolute Gasteiger partial charge is 0.352 e. The van der Waals surface area contributed by atoms with Gasteiger partial charge in [0.05, 0.1) is 10.6 Å². The van der Waals surface area contributed by atoms with Crippen LogP contribution in [0.25, 0.3) is 0 Å². The number of aryl methyl sites for hydroxylation is 1. The molecule has 1 aliphatic rings. The molecule has 0 aromatic heterocycles. The third kappa shape index (κ3) is 7.23. The molecule has 212 valence electrons. The molecule has 0 spiro atoms. The second-order valence-electron chi connectivity index (χ2n) is 10.2. The molecule has 2 amide bonds. The van der Waals surface area contributed by atoms with E-state index < -0.39 is 28.5 Å². The summed E-state index contributed by atoms with van der Waals surface area (Å²) in [5, 5.41) is 3.59. The highest BCUT2D eigenvalue weighted by Gasteiger charge is 2.33. The number of rotatable bonds is 11. The van der Waals surface area contributed by atoms with Gasteiger partial charge in [-0.05, 0) is 73.7 Å². The Morgan fingerprint density at radius 1 is 0.950 bits per heavy atom. The first-order valence-corrected chi connectivity index (χ1v) is 15.5. The lowest BCUT2D eigenvalue weighted by Crippen LogP contribution is -2.52. The summed E-state index contributed by atoms with van der Waals surface area (Å²) >= 11 is 6.21. The molecule has 1 unspecified atom stereocenters. The maximum atomic E-state index is 14.0. The molecule has 0 aliphatic heterocycles. The average Bonchev–Trinajstić information content (AvgIpc) is 3.47. The Morgan fingerprint density at radius 3 is 2.25 bits per heavy atom. The molecule has 0 heterocycles. The van der Waals surface area contributed by atoms with Gasteiger partial charge in [-0.25, -0.2) is 8.42 Å². The molecule has 3 aromatic carbocycles. The van der Waals surface area contributed by atoms with Gasteiger partial charge in [-0.15, -0.1) is 0 Å². The maximum absolute atomic E-state index is 14.0. The van der Waals surface area contributed by atoms with Crippen LogP contribution in [0.4, 0.5) is 5.69 Å². The second kappa shape index (κ2) is 13.3. The van der Waals surface area contributed by atoms with Crippen LogP contribution in [-0.2, 0) is 32.6 Å². The van der Waals surface area contributed by atoms with E-state index >= 15 is 0 Å². The summed E-state index contributed by atoms with van der Waals surface area (Å²) in [6, 6.07) is 21.5. The maximum Gasteiger partial charge on any atom is 0.264 e. The Morgan fingerprint density at radius 2 is 1.62 bits per heavy atom. The van der Waals surface area contributed by atoms with Gasteiger partial charge in [0.1, 0.15) is 12.6 Å². The first kappa shape index (κ1) is 29.6. The Labute approximate surface area is 242 Å². The van der Waals surface area contributed by atoms with Crippen LogP contribution in [0.5, 0.6) is 0 Å². The molecule has 4 rings (SSSR count). The number of nitrogens with zero attached hydrogens (tertiary/aromatic N) is 2. The number of nitrogens with one attached hydrogen (secondary N) is 1. The Bertz CT molecular complexity index is 1410. The number of halogens is 1. The highest BCUT2D eigenvalue weighted by atomic mass is 35.5. The second-order valence-corrected chi connectivity index (χ2v) is 12.5. The van der Waals surface area contributed by atoms with Gasteiger partial charge in [0.2, 0.25) is 11.8 Å². The molecule has 7 nitrogen and oxygen atoms in total. The van der Waals surface area contributed by atoms with Crippen molar-refractivity contribution in [3.8, 4) is 0 Å². The van der Waals surface area contributed by atoms with Crippen LogP contribution in [0.3, 0.4) is 0 Å². The number of benzene rings is 3. The number of amides is 2.